The molecule has 4 aromatic rings. The summed E-state index contributed by atoms with van der Waals surface area (Å²) in [5.74, 6) is 2.49. The van der Waals surface area contributed by atoms with Gasteiger partial charge in [0.25, 0.3) is 0 Å². The van der Waals surface area contributed by atoms with Crippen molar-refractivity contribution in [2.45, 2.75) is 13.8 Å². The summed E-state index contributed by atoms with van der Waals surface area (Å²) >= 11 is 0. The van der Waals surface area contributed by atoms with Crippen LogP contribution in [0.2, 0.25) is 0 Å². The Morgan fingerprint density at radius 1 is 1.04 bits per heavy atom. The maximum atomic E-state index is 12.8. The normalized spacial score (nSPS) is 10.8. The highest BCUT2D eigenvalue weighted by Gasteiger charge is 2.14. The van der Waals surface area contributed by atoms with Crippen LogP contribution in [0, 0.1) is 13.8 Å². The van der Waals surface area contributed by atoms with Crippen molar-refractivity contribution in [3.63, 3.8) is 0 Å². The van der Waals surface area contributed by atoms with E-state index >= 15 is 0 Å². The molecule has 26 heavy (non-hydrogen) atoms. The summed E-state index contributed by atoms with van der Waals surface area (Å²) in [5.41, 5.74) is 1.000. The molecular weight excluding hydrogens is 332 g/mol. The van der Waals surface area contributed by atoms with Gasteiger partial charge in [-0.25, -0.2) is 0 Å². The number of ether oxygens (including phenoxy) is 1. The third kappa shape index (κ3) is 3.04. The summed E-state index contributed by atoms with van der Waals surface area (Å²) in [6.45, 7) is 3.52. The minimum atomic E-state index is -0.212. The molecule has 4 rings (SSSR count). The van der Waals surface area contributed by atoms with Gasteiger partial charge >= 0.3 is 0 Å². The van der Waals surface area contributed by atoms with E-state index in [2.05, 4.69) is 10.5 Å². The van der Waals surface area contributed by atoms with Crippen molar-refractivity contribution in [3.05, 3.63) is 76.3 Å². The molecule has 0 radical (unpaired) electrons. The number of aromatic nitrogens is 1. The lowest BCUT2D eigenvalue weighted by molar-refractivity contribution is 0.400. The highest BCUT2D eigenvalue weighted by atomic mass is 16.5. The molecule has 0 spiro atoms. The first-order valence-corrected chi connectivity index (χ1v) is 8.11. The number of anilines is 2. The highest BCUT2D eigenvalue weighted by molar-refractivity contribution is 5.82. The zero-order valence-corrected chi connectivity index (χ0v) is 14.3. The second-order valence-corrected chi connectivity index (χ2v) is 5.89. The zero-order chi connectivity index (χ0) is 18.1. The number of nitrogens with one attached hydrogen (secondary N) is 1. The van der Waals surface area contributed by atoms with E-state index in [9.17, 15) is 4.79 Å². The Bertz CT molecular complexity index is 1130. The Labute approximate surface area is 149 Å². The average Bonchev–Trinajstić information content (AvgIpc) is 3.04. The molecule has 0 aliphatic heterocycles. The maximum Gasteiger partial charge on any atom is 0.235 e. The predicted molar refractivity (Wildman–Crippen MR) is 98.3 cm³/mol. The first-order valence-electron chi connectivity index (χ1n) is 8.11. The molecule has 2 aromatic heterocycles. The van der Waals surface area contributed by atoms with E-state index in [0.29, 0.717) is 34.1 Å². The topological polar surface area (TPSA) is 77.5 Å². The van der Waals surface area contributed by atoms with Crippen molar-refractivity contribution in [1.29, 1.82) is 0 Å². The third-order valence-electron chi connectivity index (χ3n) is 3.88. The smallest absolute Gasteiger partial charge is 0.235 e. The van der Waals surface area contributed by atoms with E-state index in [1.54, 1.807) is 43.3 Å². The zero-order valence-electron chi connectivity index (χ0n) is 14.3. The van der Waals surface area contributed by atoms with E-state index in [1.807, 2.05) is 25.1 Å². The second kappa shape index (κ2) is 6.40. The summed E-state index contributed by atoms with van der Waals surface area (Å²) < 4.78 is 16.6. The van der Waals surface area contributed by atoms with Gasteiger partial charge in [-0.15, -0.1) is 0 Å². The largest absolute Gasteiger partial charge is 0.457 e. The van der Waals surface area contributed by atoms with Gasteiger partial charge in [-0.1, -0.05) is 23.4 Å². The van der Waals surface area contributed by atoms with E-state index in [4.69, 9.17) is 13.7 Å². The van der Waals surface area contributed by atoms with Crippen molar-refractivity contribution in [2.75, 3.05) is 5.32 Å². The number of benzene rings is 2. The van der Waals surface area contributed by atoms with Gasteiger partial charge in [0.15, 0.2) is 5.82 Å². The molecule has 0 fully saturated rings. The number of aryl methyl sites for hydroxylation is 2. The fourth-order valence-corrected chi connectivity index (χ4v) is 2.66. The number of hydrogen-bond donors (Lipinski definition) is 1. The van der Waals surface area contributed by atoms with Gasteiger partial charge < -0.3 is 19.0 Å². The molecule has 0 aliphatic rings. The predicted octanol–water partition coefficient (Wildman–Crippen LogP) is 4.93. The van der Waals surface area contributed by atoms with Crippen LogP contribution >= 0.6 is 0 Å². The first kappa shape index (κ1) is 16.0. The summed E-state index contributed by atoms with van der Waals surface area (Å²) in [6.07, 6.45) is 0. The number of fused-ring (bicyclic) bond motifs is 1. The first-order chi connectivity index (χ1) is 12.6. The quantitative estimate of drug-likeness (QED) is 0.563. The minimum absolute atomic E-state index is 0.191. The van der Waals surface area contributed by atoms with Gasteiger partial charge in [0.05, 0.1) is 5.39 Å². The van der Waals surface area contributed by atoms with Crippen LogP contribution < -0.4 is 15.5 Å². The van der Waals surface area contributed by atoms with Crippen molar-refractivity contribution in [2.24, 2.45) is 0 Å². The van der Waals surface area contributed by atoms with Crippen LogP contribution in [0.15, 0.2) is 68.3 Å². The van der Waals surface area contributed by atoms with Crippen LogP contribution in [0.5, 0.6) is 11.5 Å². The van der Waals surface area contributed by atoms with Crippen LogP contribution in [0.3, 0.4) is 0 Å². The standard InChI is InChI=1S/C20H16N2O4/c1-12-10-18(22-26-12)21-14-8-9-16-17(11-14)24-13(2)20(19(16)23)25-15-6-4-3-5-7-15/h3-11H,1-2H3,(H,21,22). The van der Waals surface area contributed by atoms with Gasteiger partial charge in [0.2, 0.25) is 11.2 Å². The summed E-state index contributed by atoms with van der Waals surface area (Å²) in [7, 11) is 0. The highest BCUT2D eigenvalue weighted by Crippen LogP contribution is 2.27. The lowest BCUT2D eigenvalue weighted by atomic mass is 10.2. The Kier molecular flexibility index (Phi) is 3.93. The van der Waals surface area contributed by atoms with E-state index in [0.717, 1.165) is 5.69 Å². The molecule has 6 nitrogen and oxygen atoms in total. The molecule has 0 unspecified atom stereocenters. The third-order valence-corrected chi connectivity index (χ3v) is 3.88. The molecular formula is C20H16N2O4. The summed E-state index contributed by atoms with van der Waals surface area (Å²) in [6, 6.07) is 16.2. The lowest BCUT2D eigenvalue weighted by Crippen LogP contribution is -2.07. The van der Waals surface area contributed by atoms with Gasteiger partial charge in [-0.05, 0) is 38.1 Å². The number of rotatable bonds is 4. The molecule has 0 bridgehead atoms. The molecule has 2 aromatic carbocycles. The maximum absolute atomic E-state index is 12.8. The molecule has 0 atom stereocenters. The fraction of sp³-hybridized carbons (Fsp3) is 0.100. The Hall–Kier alpha value is -3.54. The van der Waals surface area contributed by atoms with Crippen molar-refractivity contribution in [1.82, 2.24) is 5.16 Å². The Morgan fingerprint density at radius 2 is 1.85 bits per heavy atom. The van der Waals surface area contributed by atoms with Gasteiger partial charge in [-0.3, -0.25) is 4.79 Å². The summed E-state index contributed by atoms with van der Waals surface area (Å²) in [4.78, 5) is 12.8. The second-order valence-electron chi connectivity index (χ2n) is 5.89. The Morgan fingerprint density at radius 3 is 2.58 bits per heavy atom. The van der Waals surface area contributed by atoms with Crippen molar-refractivity contribution < 1.29 is 13.7 Å². The molecule has 2 heterocycles. The van der Waals surface area contributed by atoms with Crippen molar-refractivity contribution in [3.8, 4) is 11.5 Å². The van der Waals surface area contributed by atoms with Gasteiger partial charge in [0, 0.05) is 17.8 Å². The average molecular weight is 348 g/mol. The van der Waals surface area contributed by atoms with E-state index in [-0.39, 0.29) is 11.2 Å². The van der Waals surface area contributed by atoms with Crippen LogP contribution in [-0.4, -0.2) is 5.16 Å². The van der Waals surface area contributed by atoms with Crippen LogP contribution in [0.4, 0.5) is 11.5 Å². The molecule has 6 heteroatoms. The molecule has 0 saturated carbocycles. The Balaban J connectivity index is 1.72. The number of hydrogen-bond acceptors (Lipinski definition) is 6. The molecule has 0 saturated heterocycles. The van der Waals surface area contributed by atoms with E-state index in [1.165, 1.54) is 0 Å². The SMILES string of the molecule is Cc1cc(Nc2ccc3c(=O)c(Oc4ccccc4)c(C)oc3c2)no1. The number of nitrogens with zero attached hydrogens (tertiary/aromatic N) is 1. The van der Waals surface area contributed by atoms with Crippen LogP contribution in [-0.2, 0) is 0 Å². The monoisotopic (exact) mass is 348 g/mol. The number of para-hydroxylation sites is 1. The van der Waals surface area contributed by atoms with Crippen LogP contribution in [0.1, 0.15) is 11.5 Å². The van der Waals surface area contributed by atoms with Gasteiger partial charge in [0.1, 0.15) is 22.9 Å². The minimum Gasteiger partial charge on any atom is -0.457 e. The molecule has 1 N–H and O–H groups in total. The fourth-order valence-electron chi connectivity index (χ4n) is 2.66. The summed E-state index contributed by atoms with van der Waals surface area (Å²) in [5, 5.41) is 7.45. The van der Waals surface area contributed by atoms with Crippen LogP contribution in [0.25, 0.3) is 11.0 Å². The van der Waals surface area contributed by atoms with E-state index < -0.39 is 0 Å². The molecule has 0 amide bonds. The molecule has 0 aliphatic carbocycles. The van der Waals surface area contributed by atoms with Gasteiger partial charge in [-0.2, -0.15) is 0 Å². The van der Waals surface area contributed by atoms with Crippen molar-refractivity contribution >= 4 is 22.5 Å². The lowest BCUT2D eigenvalue weighted by Gasteiger charge is -2.09. The molecule has 130 valence electrons.